The maximum absolute atomic E-state index is 14.5. The van der Waals surface area contributed by atoms with Gasteiger partial charge in [-0.3, -0.25) is 0 Å². The lowest BCUT2D eigenvalue weighted by Crippen LogP contribution is -2.03. The van der Waals surface area contributed by atoms with Gasteiger partial charge in [0.25, 0.3) is 0 Å². The van der Waals surface area contributed by atoms with Gasteiger partial charge in [0.2, 0.25) is 5.82 Å². The zero-order valence-electron chi connectivity index (χ0n) is 18.6. The van der Waals surface area contributed by atoms with Crippen LogP contribution in [0, 0.1) is 11.6 Å². The van der Waals surface area contributed by atoms with Gasteiger partial charge in [-0.05, 0) is 37.0 Å². The lowest BCUT2D eigenvalue weighted by Gasteiger charge is -2.10. The van der Waals surface area contributed by atoms with E-state index in [2.05, 4.69) is 23.8 Å². The smallest absolute Gasteiger partial charge is 0.201 e. The molecule has 0 saturated carbocycles. The highest BCUT2D eigenvalue weighted by atomic mass is 19.2. The number of rotatable bonds is 15. The minimum atomic E-state index is -0.970. The molecule has 5 heteroatoms. The molecule has 2 aromatic rings. The van der Waals surface area contributed by atoms with Crippen LogP contribution in [0.5, 0.6) is 5.75 Å². The SMILES string of the molecule is CCCCCCCCOc1ccc(-c2ncc(CCCCCCC)cn2)c(F)c1F. The minimum absolute atomic E-state index is 0.0477. The van der Waals surface area contributed by atoms with Gasteiger partial charge in [-0.2, -0.15) is 4.39 Å². The van der Waals surface area contributed by atoms with Crippen LogP contribution in [0.3, 0.4) is 0 Å². The summed E-state index contributed by atoms with van der Waals surface area (Å²) in [5, 5.41) is 0. The number of aryl methyl sites for hydroxylation is 1. The largest absolute Gasteiger partial charge is 0.490 e. The number of benzene rings is 1. The molecule has 0 atom stereocenters. The predicted octanol–water partition coefficient (Wildman–Crippen LogP) is 7.67. The first kappa shape index (κ1) is 24.2. The molecule has 0 aliphatic heterocycles. The monoisotopic (exact) mass is 418 g/mol. The van der Waals surface area contributed by atoms with Crippen LogP contribution in [-0.4, -0.2) is 16.6 Å². The molecule has 0 radical (unpaired) electrons. The van der Waals surface area contributed by atoms with Crippen LogP contribution in [0.25, 0.3) is 11.4 Å². The Bertz CT molecular complexity index is 735. The maximum atomic E-state index is 14.5. The molecule has 3 nitrogen and oxygen atoms in total. The quantitative estimate of drug-likeness (QED) is 0.278. The summed E-state index contributed by atoms with van der Waals surface area (Å²) >= 11 is 0. The van der Waals surface area contributed by atoms with E-state index in [1.807, 2.05) is 0 Å². The van der Waals surface area contributed by atoms with Crippen molar-refractivity contribution in [1.29, 1.82) is 0 Å². The number of hydrogen-bond acceptors (Lipinski definition) is 3. The molecule has 1 aromatic heterocycles. The standard InChI is InChI=1S/C25H36F2N2O/c1-3-5-7-9-11-13-17-30-22-16-15-21(23(26)24(22)27)25-28-18-20(19-29-25)14-12-10-8-6-4-2/h15-16,18-19H,3-14,17H2,1-2H3. The Balaban J connectivity index is 1.86. The third-order valence-corrected chi connectivity index (χ3v) is 5.32. The first-order chi connectivity index (χ1) is 14.7. The van der Waals surface area contributed by atoms with E-state index in [4.69, 9.17) is 4.74 Å². The summed E-state index contributed by atoms with van der Waals surface area (Å²) in [4.78, 5) is 8.50. The average Bonchev–Trinajstić information content (AvgIpc) is 2.76. The molecule has 0 N–H and O–H groups in total. The molecule has 1 heterocycles. The van der Waals surface area contributed by atoms with Gasteiger partial charge in [0.05, 0.1) is 12.2 Å². The van der Waals surface area contributed by atoms with E-state index in [0.29, 0.717) is 6.61 Å². The fourth-order valence-corrected chi connectivity index (χ4v) is 3.44. The molecule has 0 spiro atoms. The normalized spacial score (nSPS) is 11.1. The summed E-state index contributed by atoms with van der Waals surface area (Å²) in [6, 6.07) is 2.96. The Labute approximate surface area is 180 Å². The topological polar surface area (TPSA) is 35.0 Å². The molecule has 0 fully saturated rings. The van der Waals surface area contributed by atoms with Gasteiger partial charge < -0.3 is 4.74 Å². The first-order valence-electron chi connectivity index (χ1n) is 11.6. The van der Waals surface area contributed by atoms with Crippen LogP contribution < -0.4 is 4.74 Å². The summed E-state index contributed by atoms with van der Waals surface area (Å²) < 4.78 is 34.4. The van der Waals surface area contributed by atoms with Gasteiger partial charge in [0.15, 0.2) is 17.4 Å². The van der Waals surface area contributed by atoms with E-state index < -0.39 is 11.6 Å². The second-order valence-corrected chi connectivity index (χ2v) is 7.93. The van der Waals surface area contributed by atoms with Crippen LogP contribution in [0.1, 0.15) is 90.0 Å². The number of halogens is 2. The van der Waals surface area contributed by atoms with Crippen molar-refractivity contribution < 1.29 is 13.5 Å². The third-order valence-electron chi connectivity index (χ3n) is 5.32. The summed E-state index contributed by atoms with van der Waals surface area (Å²) in [5.41, 5.74) is 1.09. The number of nitrogens with zero attached hydrogens (tertiary/aromatic N) is 2. The number of ether oxygens (including phenoxy) is 1. The van der Waals surface area contributed by atoms with Crippen molar-refractivity contribution in [2.45, 2.75) is 90.9 Å². The summed E-state index contributed by atoms with van der Waals surface area (Å²) in [5.74, 6) is -1.78. The Kier molecular flexibility index (Phi) is 11.3. The molecule has 0 bridgehead atoms. The molecule has 2 rings (SSSR count). The zero-order chi connectivity index (χ0) is 21.6. The Morgan fingerprint density at radius 1 is 0.733 bits per heavy atom. The van der Waals surface area contributed by atoms with Gasteiger partial charge >= 0.3 is 0 Å². The zero-order valence-corrected chi connectivity index (χ0v) is 18.6. The Morgan fingerprint density at radius 2 is 1.33 bits per heavy atom. The van der Waals surface area contributed by atoms with E-state index in [-0.39, 0.29) is 17.1 Å². The van der Waals surface area contributed by atoms with Crippen LogP contribution in [0.2, 0.25) is 0 Å². The van der Waals surface area contributed by atoms with E-state index >= 15 is 0 Å². The highest BCUT2D eigenvalue weighted by molar-refractivity contribution is 5.57. The second kappa shape index (κ2) is 14.1. The van der Waals surface area contributed by atoms with E-state index in [0.717, 1.165) is 37.7 Å². The lowest BCUT2D eigenvalue weighted by molar-refractivity contribution is 0.285. The molecule has 1 aromatic carbocycles. The van der Waals surface area contributed by atoms with E-state index in [1.165, 1.54) is 57.1 Å². The molecular formula is C25H36F2N2O. The minimum Gasteiger partial charge on any atom is -0.490 e. The molecule has 0 amide bonds. The second-order valence-electron chi connectivity index (χ2n) is 7.93. The van der Waals surface area contributed by atoms with Gasteiger partial charge in [0.1, 0.15) is 0 Å². The van der Waals surface area contributed by atoms with Crippen LogP contribution in [0.15, 0.2) is 24.5 Å². The first-order valence-corrected chi connectivity index (χ1v) is 11.6. The van der Waals surface area contributed by atoms with E-state index in [9.17, 15) is 8.78 Å². The van der Waals surface area contributed by atoms with Crippen molar-refractivity contribution in [3.63, 3.8) is 0 Å². The molecule has 0 aliphatic rings. The summed E-state index contributed by atoms with van der Waals surface area (Å²) in [7, 11) is 0. The number of hydrogen-bond donors (Lipinski definition) is 0. The van der Waals surface area contributed by atoms with Crippen LogP contribution in [0.4, 0.5) is 8.78 Å². The van der Waals surface area contributed by atoms with Crippen molar-refractivity contribution in [1.82, 2.24) is 9.97 Å². The summed E-state index contributed by atoms with van der Waals surface area (Å²) in [6.45, 7) is 4.77. The average molecular weight is 419 g/mol. The van der Waals surface area contributed by atoms with E-state index in [1.54, 1.807) is 12.4 Å². The number of aromatic nitrogens is 2. The lowest BCUT2D eigenvalue weighted by atomic mass is 10.1. The Hall–Kier alpha value is -2.04. The predicted molar refractivity (Wildman–Crippen MR) is 119 cm³/mol. The summed E-state index contributed by atoms with van der Waals surface area (Å²) in [6.07, 6.45) is 17.0. The maximum Gasteiger partial charge on any atom is 0.201 e. The van der Waals surface area contributed by atoms with Crippen molar-refractivity contribution in [2.24, 2.45) is 0 Å². The van der Waals surface area contributed by atoms with Gasteiger partial charge in [-0.15, -0.1) is 0 Å². The van der Waals surface area contributed by atoms with Crippen molar-refractivity contribution in [3.05, 3.63) is 41.7 Å². The Morgan fingerprint density at radius 3 is 2.00 bits per heavy atom. The fraction of sp³-hybridized carbons (Fsp3) is 0.600. The fourth-order valence-electron chi connectivity index (χ4n) is 3.44. The van der Waals surface area contributed by atoms with Gasteiger partial charge in [-0.1, -0.05) is 71.6 Å². The van der Waals surface area contributed by atoms with Gasteiger partial charge in [-0.25, -0.2) is 14.4 Å². The van der Waals surface area contributed by atoms with Crippen molar-refractivity contribution in [2.75, 3.05) is 6.61 Å². The van der Waals surface area contributed by atoms with Crippen LogP contribution in [-0.2, 0) is 6.42 Å². The third kappa shape index (κ3) is 8.00. The van der Waals surface area contributed by atoms with Crippen molar-refractivity contribution in [3.8, 4) is 17.1 Å². The molecule has 30 heavy (non-hydrogen) atoms. The number of unbranched alkanes of at least 4 members (excludes halogenated alkanes) is 9. The van der Waals surface area contributed by atoms with Crippen LogP contribution >= 0.6 is 0 Å². The highest BCUT2D eigenvalue weighted by Crippen LogP contribution is 2.28. The highest BCUT2D eigenvalue weighted by Gasteiger charge is 2.17. The molecule has 0 saturated heterocycles. The van der Waals surface area contributed by atoms with Gasteiger partial charge in [0, 0.05) is 12.4 Å². The molecule has 0 unspecified atom stereocenters. The molecular weight excluding hydrogens is 382 g/mol. The molecule has 0 aliphatic carbocycles. The van der Waals surface area contributed by atoms with Crippen molar-refractivity contribution >= 4 is 0 Å². The molecule has 166 valence electrons.